The Bertz CT molecular complexity index is 190. The maximum Gasteiger partial charge on any atom is 0.0675 e. The molecule has 74 valence electrons. The first-order valence-electron chi connectivity index (χ1n) is 5.26. The van der Waals surface area contributed by atoms with Gasteiger partial charge in [-0.05, 0) is 32.6 Å². The second kappa shape index (κ2) is 3.81. The van der Waals surface area contributed by atoms with Crippen molar-refractivity contribution in [2.45, 2.75) is 50.8 Å². The molecule has 2 heteroatoms. The second-order valence-electron chi connectivity index (χ2n) is 4.50. The average molecular weight is 181 g/mol. The lowest BCUT2D eigenvalue weighted by atomic mass is 10.0. The van der Waals surface area contributed by atoms with Gasteiger partial charge in [0.2, 0.25) is 0 Å². The molecule has 2 bridgehead atoms. The molecule has 13 heavy (non-hydrogen) atoms. The number of hydrogen-bond acceptors (Lipinski definition) is 2. The first-order chi connectivity index (χ1) is 6.24. The molecule has 0 radical (unpaired) electrons. The van der Waals surface area contributed by atoms with Crippen molar-refractivity contribution in [1.29, 1.82) is 0 Å². The molecule has 2 unspecified atom stereocenters. The van der Waals surface area contributed by atoms with Gasteiger partial charge in [0.1, 0.15) is 0 Å². The lowest BCUT2D eigenvalue weighted by Gasteiger charge is -2.29. The highest BCUT2D eigenvalue weighted by atomic mass is 16.5. The van der Waals surface area contributed by atoms with E-state index in [4.69, 9.17) is 4.74 Å². The topological polar surface area (TPSA) is 21.3 Å². The third kappa shape index (κ3) is 2.32. The third-order valence-electron chi connectivity index (χ3n) is 3.00. The van der Waals surface area contributed by atoms with Crippen LogP contribution in [0.1, 0.15) is 32.6 Å². The maximum atomic E-state index is 5.79. The largest absolute Gasteiger partial charge is 0.374 e. The van der Waals surface area contributed by atoms with Crippen LogP contribution in [0.25, 0.3) is 0 Å². The van der Waals surface area contributed by atoms with Crippen LogP contribution in [0.15, 0.2) is 12.2 Å². The van der Waals surface area contributed by atoms with Crippen LogP contribution in [0.2, 0.25) is 0 Å². The van der Waals surface area contributed by atoms with Crippen molar-refractivity contribution < 1.29 is 4.74 Å². The molecule has 2 rings (SSSR count). The summed E-state index contributed by atoms with van der Waals surface area (Å²) in [7, 11) is 0. The summed E-state index contributed by atoms with van der Waals surface area (Å²) in [4.78, 5) is 0. The summed E-state index contributed by atoms with van der Waals surface area (Å²) in [5, 5.41) is 3.61. The predicted octanol–water partition coefficient (Wildman–Crippen LogP) is 1.86. The van der Waals surface area contributed by atoms with Crippen LogP contribution in [-0.4, -0.2) is 24.8 Å². The highest BCUT2D eigenvalue weighted by Crippen LogP contribution is 2.28. The number of hydrogen-bond donors (Lipinski definition) is 1. The van der Waals surface area contributed by atoms with Gasteiger partial charge in [0.15, 0.2) is 0 Å². The van der Waals surface area contributed by atoms with Crippen LogP contribution in [-0.2, 0) is 4.74 Å². The molecule has 0 saturated carbocycles. The minimum atomic E-state index is 0.482. The zero-order chi connectivity index (χ0) is 9.26. The van der Waals surface area contributed by atoms with Gasteiger partial charge in [0.25, 0.3) is 0 Å². The molecule has 0 aliphatic carbocycles. The third-order valence-corrected chi connectivity index (χ3v) is 3.00. The molecule has 0 aromatic rings. The monoisotopic (exact) mass is 181 g/mol. The number of piperidine rings is 1. The Morgan fingerprint density at radius 2 is 2.00 bits per heavy atom. The van der Waals surface area contributed by atoms with Gasteiger partial charge < -0.3 is 10.1 Å². The van der Waals surface area contributed by atoms with E-state index in [0.29, 0.717) is 6.10 Å². The molecule has 1 N–H and O–H groups in total. The Kier molecular flexibility index (Phi) is 2.70. The lowest BCUT2D eigenvalue weighted by Crippen LogP contribution is -2.41. The summed E-state index contributed by atoms with van der Waals surface area (Å²) in [6.45, 7) is 6.62. The summed E-state index contributed by atoms with van der Waals surface area (Å²) < 4.78 is 5.79. The van der Waals surface area contributed by atoms with Gasteiger partial charge in [-0.15, -0.1) is 0 Å². The molecule has 2 aliphatic heterocycles. The average Bonchev–Trinajstić information content (AvgIpc) is 2.42. The number of nitrogens with one attached hydrogen (secondary N) is 1. The molecule has 2 fully saturated rings. The molecule has 0 amide bonds. The Labute approximate surface area is 80.4 Å². The zero-order valence-electron chi connectivity index (χ0n) is 8.38. The van der Waals surface area contributed by atoms with E-state index in [1.165, 1.54) is 25.7 Å². The van der Waals surface area contributed by atoms with Crippen molar-refractivity contribution in [2.75, 3.05) is 6.61 Å². The maximum absolute atomic E-state index is 5.79. The zero-order valence-corrected chi connectivity index (χ0v) is 8.38. The van der Waals surface area contributed by atoms with Crippen molar-refractivity contribution in [1.82, 2.24) is 5.32 Å². The van der Waals surface area contributed by atoms with Crippen molar-refractivity contribution in [3.8, 4) is 0 Å². The fourth-order valence-corrected chi connectivity index (χ4v) is 2.40. The van der Waals surface area contributed by atoms with Crippen molar-refractivity contribution in [3.63, 3.8) is 0 Å². The summed E-state index contributed by atoms with van der Waals surface area (Å²) in [5.74, 6) is 0. The van der Waals surface area contributed by atoms with E-state index in [1.807, 2.05) is 6.92 Å². The van der Waals surface area contributed by atoms with E-state index in [9.17, 15) is 0 Å². The van der Waals surface area contributed by atoms with Crippen LogP contribution in [0.3, 0.4) is 0 Å². The van der Waals surface area contributed by atoms with Crippen molar-refractivity contribution >= 4 is 0 Å². The highest BCUT2D eigenvalue weighted by molar-refractivity contribution is 4.94. The standard InChI is InChI=1S/C11H19NO/c1-8(2)7-13-11-5-9-3-4-10(6-11)12-9/h9-12H,1,3-7H2,2H3. The van der Waals surface area contributed by atoms with Crippen LogP contribution in [0, 0.1) is 0 Å². The van der Waals surface area contributed by atoms with E-state index >= 15 is 0 Å². The SMILES string of the molecule is C=C(C)COC1CC2CCC(C1)N2. The molecule has 0 spiro atoms. The Balaban J connectivity index is 1.78. The quantitative estimate of drug-likeness (QED) is 0.671. The number of fused-ring (bicyclic) bond motifs is 2. The molecular formula is C11H19NO. The number of rotatable bonds is 3. The van der Waals surface area contributed by atoms with E-state index in [-0.39, 0.29) is 0 Å². The Morgan fingerprint density at radius 1 is 1.38 bits per heavy atom. The van der Waals surface area contributed by atoms with Gasteiger partial charge in [0.05, 0.1) is 12.7 Å². The van der Waals surface area contributed by atoms with E-state index in [1.54, 1.807) is 0 Å². The molecule has 2 saturated heterocycles. The Morgan fingerprint density at radius 3 is 2.54 bits per heavy atom. The molecule has 2 atom stereocenters. The molecule has 2 heterocycles. The summed E-state index contributed by atoms with van der Waals surface area (Å²) >= 11 is 0. The highest BCUT2D eigenvalue weighted by Gasteiger charge is 2.33. The van der Waals surface area contributed by atoms with Crippen LogP contribution >= 0.6 is 0 Å². The van der Waals surface area contributed by atoms with Gasteiger partial charge in [-0.25, -0.2) is 0 Å². The van der Waals surface area contributed by atoms with Crippen LogP contribution < -0.4 is 5.32 Å². The van der Waals surface area contributed by atoms with Gasteiger partial charge in [-0.1, -0.05) is 12.2 Å². The summed E-state index contributed by atoms with van der Waals surface area (Å²) in [6, 6.07) is 1.46. The first-order valence-corrected chi connectivity index (χ1v) is 5.26. The molecule has 0 aromatic carbocycles. The fourth-order valence-electron chi connectivity index (χ4n) is 2.40. The van der Waals surface area contributed by atoms with Crippen molar-refractivity contribution in [2.24, 2.45) is 0 Å². The predicted molar refractivity (Wildman–Crippen MR) is 53.7 cm³/mol. The first kappa shape index (κ1) is 9.22. The van der Waals surface area contributed by atoms with Gasteiger partial charge in [0, 0.05) is 12.1 Å². The molecule has 2 nitrogen and oxygen atoms in total. The minimum absolute atomic E-state index is 0.482. The summed E-state index contributed by atoms with van der Waals surface area (Å²) in [6.07, 6.45) is 5.57. The van der Waals surface area contributed by atoms with Crippen molar-refractivity contribution in [3.05, 3.63) is 12.2 Å². The molecule has 2 aliphatic rings. The smallest absolute Gasteiger partial charge is 0.0675 e. The van der Waals surface area contributed by atoms with E-state index in [2.05, 4.69) is 11.9 Å². The van der Waals surface area contributed by atoms with Gasteiger partial charge in [-0.2, -0.15) is 0 Å². The van der Waals surface area contributed by atoms with Gasteiger partial charge in [-0.3, -0.25) is 0 Å². The normalized spacial score (nSPS) is 37.8. The van der Waals surface area contributed by atoms with E-state index < -0.39 is 0 Å². The molecule has 0 aromatic heterocycles. The molecular weight excluding hydrogens is 162 g/mol. The second-order valence-corrected chi connectivity index (χ2v) is 4.50. The number of ether oxygens (including phenoxy) is 1. The van der Waals surface area contributed by atoms with Crippen LogP contribution in [0.5, 0.6) is 0 Å². The summed E-state index contributed by atoms with van der Waals surface area (Å²) in [5.41, 5.74) is 1.13. The minimum Gasteiger partial charge on any atom is -0.374 e. The fraction of sp³-hybridized carbons (Fsp3) is 0.818. The van der Waals surface area contributed by atoms with Gasteiger partial charge >= 0.3 is 0 Å². The lowest BCUT2D eigenvalue weighted by molar-refractivity contribution is 0.0338. The van der Waals surface area contributed by atoms with Crippen LogP contribution in [0.4, 0.5) is 0 Å². The Hall–Kier alpha value is -0.340. The van der Waals surface area contributed by atoms with E-state index in [0.717, 1.165) is 24.3 Å².